The molecule has 0 aromatic heterocycles. The number of methoxy groups -OCH3 is 1. The number of aliphatic hydroxyl groups excluding tert-OH is 1. The molecule has 68 heavy (non-hydrogen) atoms. The largest absolute Gasteiger partial charge is 0.453 e. The summed E-state index contributed by atoms with van der Waals surface area (Å²) in [4.78, 5) is 27.1. The predicted octanol–water partition coefficient (Wildman–Crippen LogP) is 7.88. The average molecular weight is 925 g/mol. The van der Waals surface area contributed by atoms with Crippen molar-refractivity contribution in [2.75, 3.05) is 20.3 Å². The summed E-state index contributed by atoms with van der Waals surface area (Å²) in [6, 6.07) is 55.8. The Morgan fingerprint density at radius 1 is 0.426 bits per heavy atom. The molecule has 2 aliphatic rings. The molecule has 0 spiro atoms. The van der Waals surface area contributed by atoms with Gasteiger partial charge in [-0.05, 0) is 46.5 Å². The van der Waals surface area contributed by atoms with Crippen LogP contribution in [0.2, 0.25) is 0 Å². The summed E-state index contributed by atoms with van der Waals surface area (Å²) >= 11 is 0. The van der Waals surface area contributed by atoms with Crippen LogP contribution in [0.15, 0.2) is 182 Å². The summed E-state index contributed by atoms with van der Waals surface area (Å²) in [7, 11) is 1.36. The Bertz CT molecular complexity index is 2400. The van der Waals surface area contributed by atoms with E-state index in [4.69, 9.17) is 47.4 Å². The minimum absolute atomic E-state index is 0.0843. The number of aliphatic hydroxyl groups is 1. The van der Waals surface area contributed by atoms with E-state index < -0.39 is 73.4 Å². The predicted molar refractivity (Wildman–Crippen MR) is 249 cm³/mol. The maximum atomic E-state index is 13.7. The zero-order valence-electron chi connectivity index (χ0n) is 37.7. The van der Waals surface area contributed by atoms with Crippen molar-refractivity contribution in [3.8, 4) is 0 Å². The maximum absolute atomic E-state index is 13.7. The molecule has 0 bridgehead atoms. The first kappa shape index (κ1) is 48.4. The minimum Gasteiger partial charge on any atom is -0.453 e. The lowest BCUT2D eigenvalue weighted by atomic mass is 9.97. The standard InChI is InChI=1S/C55H56O13/c1-59-54-49(68-53(58)43-30-18-7-19-31-43)46(56)47(67-52(57)42-28-16-6-17-29-42)45(65-54)37-64-55-51(63-35-41-26-14-5-15-27-41)50(62-34-40-24-12-4-13-25-40)48(61-33-39-22-10-3-11-23-39)44(66-55)36-60-32-38-20-8-2-9-21-38/h2-31,44-51,54-56H,32-37H2,1H3/t44-,45-,46+,47-,48-,49+,50+,51+,54+,55+/m1/s1. The van der Waals surface area contributed by atoms with Crippen LogP contribution in [0.3, 0.4) is 0 Å². The van der Waals surface area contributed by atoms with E-state index in [2.05, 4.69) is 0 Å². The number of benzene rings is 6. The minimum atomic E-state index is -1.63. The van der Waals surface area contributed by atoms with Gasteiger partial charge in [-0.3, -0.25) is 0 Å². The van der Waals surface area contributed by atoms with Gasteiger partial charge in [-0.1, -0.05) is 158 Å². The first-order chi connectivity index (χ1) is 33.4. The molecule has 0 saturated carbocycles. The van der Waals surface area contributed by atoms with Gasteiger partial charge >= 0.3 is 11.9 Å². The van der Waals surface area contributed by atoms with Crippen molar-refractivity contribution in [1.29, 1.82) is 0 Å². The monoisotopic (exact) mass is 924 g/mol. The lowest BCUT2D eigenvalue weighted by Crippen LogP contribution is -2.64. The van der Waals surface area contributed by atoms with Crippen molar-refractivity contribution in [3.63, 3.8) is 0 Å². The third kappa shape index (κ3) is 13.1. The molecule has 13 nitrogen and oxygen atoms in total. The third-order valence-corrected chi connectivity index (χ3v) is 11.6. The second-order valence-corrected chi connectivity index (χ2v) is 16.4. The van der Waals surface area contributed by atoms with E-state index in [0.29, 0.717) is 6.61 Å². The number of rotatable bonds is 21. The molecule has 354 valence electrons. The van der Waals surface area contributed by atoms with Crippen molar-refractivity contribution in [1.82, 2.24) is 0 Å². The van der Waals surface area contributed by atoms with E-state index in [1.807, 2.05) is 121 Å². The van der Waals surface area contributed by atoms with Gasteiger partial charge in [0.15, 0.2) is 24.8 Å². The zero-order chi connectivity index (χ0) is 46.9. The van der Waals surface area contributed by atoms with Crippen LogP contribution in [0, 0.1) is 0 Å². The van der Waals surface area contributed by atoms with Crippen LogP contribution in [-0.2, 0) is 73.8 Å². The van der Waals surface area contributed by atoms with Crippen LogP contribution >= 0.6 is 0 Å². The van der Waals surface area contributed by atoms with Gasteiger partial charge in [0.2, 0.25) is 0 Å². The normalized spacial score (nSPS) is 24.7. The fourth-order valence-corrected chi connectivity index (χ4v) is 8.09. The van der Waals surface area contributed by atoms with Crippen molar-refractivity contribution >= 4 is 11.9 Å². The van der Waals surface area contributed by atoms with E-state index in [0.717, 1.165) is 22.3 Å². The SMILES string of the molecule is CO[C@H]1O[C@H](CO[C@H]2O[C@H](COCc3ccccc3)[C@@H](OCc3ccccc3)[C@H](OCc3ccccc3)[C@@H]2OCc2ccccc2)[C@@H](OC(=O)c2ccccc2)[C@H](O)[C@@H]1OC(=O)c1ccccc1. The molecule has 8 rings (SSSR count). The summed E-state index contributed by atoms with van der Waals surface area (Å²) < 4.78 is 64.3. The van der Waals surface area contributed by atoms with Gasteiger partial charge < -0.3 is 52.5 Å². The van der Waals surface area contributed by atoms with Crippen LogP contribution in [0.25, 0.3) is 0 Å². The zero-order valence-corrected chi connectivity index (χ0v) is 37.7. The van der Waals surface area contributed by atoms with Gasteiger partial charge in [0.25, 0.3) is 0 Å². The van der Waals surface area contributed by atoms with E-state index >= 15 is 0 Å². The smallest absolute Gasteiger partial charge is 0.338 e. The molecular weight excluding hydrogens is 869 g/mol. The Kier molecular flexibility index (Phi) is 17.6. The molecule has 10 atom stereocenters. The Labute approximate surface area is 396 Å². The van der Waals surface area contributed by atoms with Crippen molar-refractivity contribution in [2.45, 2.75) is 87.8 Å². The van der Waals surface area contributed by atoms with Gasteiger partial charge in [0.1, 0.15) is 36.6 Å². The number of carbonyl (C=O) groups excluding carboxylic acids is 2. The highest BCUT2D eigenvalue weighted by Gasteiger charge is 2.53. The molecule has 6 aromatic rings. The summed E-state index contributed by atoms with van der Waals surface area (Å²) in [5.41, 5.74) is 4.22. The van der Waals surface area contributed by atoms with Crippen molar-refractivity contribution in [2.24, 2.45) is 0 Å². The fourth-order valence-electron chi connectivity index (χ4n) is 8.09. The van der Waals surface area contributed by atoms with E-state index in [1.54, 1.807) is 60.7 Å². The lowest BCUT2D eigenvalue weighted by molar-refractivity contribution is -0.343. The van der Waals surface area contributed by atoms with Crippen LogP contribution in [0.5, 0.6) is 0 Å². The van der Waals surface area contributed by atoms with E-state index in [1.165, 1.54) is 7.11 Å². The van der Waals surface area contributed by atoms with Gasteiger partial charge in [0.05, 0.1) is 50.8 Å². The summed E-state index contributed by atoms with van der Waals surface area (Å²) in [6.45, 7) is 0.677. The number of hydrogen-bond acceptors (Lipinski definition) is 13. The molecule has 0 unspecified atom stereocenters. The highest BCUT2D eigenvalue weighted by Crippen LogP contribution is 2.34. The molecule has 2 heterocycles. The lowest BCUT2D eigenvalue weighted by Gasteiger charge is -2.47. The average Bonchev–Trinajstić information content (AvgIpc) is 3.39. The summed E-state index contributed by atoms with van der Waals surface area (Å²) in [6.07, 6.45) is -11.3. The van der Waals surface area contributed by atoms with E-state index in [9.17, 15) is 14.7 Å². The molecule has 1 N–H and O–H groups in total. The molecule has 13 heteroatoms. The van der Waals surface area contributed by atoms with Gasteiger partial charge in [-0.25, -0.2) is 9.59 Å². The molecule has 2 fully saturated rings. The van der Waals surface area contributed by atoms with Crippen LogP contribution < -0.4 is 0 Å². The molecule has 0 aliphatic carbocycles. The summed E-state index contributed by atoms with van der Waals surface area (Å²) in [5.74, 6) is -1.48. The Balaban J connectivity index is 1.11. The van der Waals surface area contributed by atoms with Gasteiger partial charge in [0, 0.05) is 7.11 Å². The van der Waals surface area contributed by atoms with Crippen LogP contribution in [-0.4, -0.2) is 98.8 Å². The number of hydrogen-bond donors (Lipinski definition) is 1. The highest BCUT2D eigenvalue weighted by molar-refractivity contribution is 5.90. The molecule has 0 amide bonds. The van der Waals surface area contributed by atoms with Crippen LogP contribution in [0.4, 0.5) is 0 Å². The van der Waals surface area contributed by atoms with Crippen molar-refractivity contribution in [3.05, 3.63) is 215 Å². The Hall–Kier alpha value is -6.10. The highest BCUT2D eigenvalue weighted by atomic mass is 16.8. The first-order valence-corrected chi connectivity index (χ1v) is 22.7. The summed E-state index contributed by atoms with van der Waals surface area (Å²) in [5, 5.41) is 12.1. The molecule has 2 aliphatic heterocycles. The topological polar surface area (TPSA) is 147 Å². The Morgan fingerprint density at radius 2 is 0.809 bits per heavy atom. The molecule has 0 radical (unpaired) electrons. The maximum Gasteiger partial charge on any atom is 0.338 e. The first-order valence-electron chi connectivity index (χ1n) is 22.7. The van der Waals surface area contributed by atoms with Crippen LogP contribution in [0.1, 0.15) is 43.0 Å². The quantitative estimate of drug-likeness (QED) is 0.0699. The fraction of sp³-hybridized carbons (Fsp3) is 0.309. The van der Waals surface area contributed by atoms with Crippen molar-refractivity contribution < 1.29 is 62.1 Å². The van der Waals surface area contributed by atoms with Gasteiger partial charge in [-0.15, -0.1) is 0 Å². The molecular formula is C55H56O13. The van der Waals surface area contributed by atoms with E-state index in [-0.39, 0.29) is 44.2 Å². The number of carbonyl (C=O) groups is 2. The molecule has 6 aromatic carbocycles. The second-order valence-electron chi connectivity index (χ2n) is 16.4. The number of ether oxygens (including phenoxy) is 10. The third-order valence-electron chi connectivity index (χ3n) is 11.6. The van der Waals surface area contributed by atoms with Gasteiger partial charge in [-0.2, -0.15) is 0 Å². The Morgan fingerprint density at radius 3 is 1.28 bits per heavy atom. The second kappa shape index (κ2) is 24.8. The molecule has 2 saturated heterocycles. The number of esters is 2.